The number of piperidine rings is 1. The van der Waals surface area contributed by atoms with Gasteiger partial charge in [0.15, 0.2) is 0 Å². The van der Waals surface area contributed by atoms with Gasteiger partial charge in [0.2, 0.25) is 0 Å². The summed E-state index contributed by atoms with van der Waals surface area (Å²) in [5.41, 5.74) is 0.416. The molecule has 0 amide bonds. The van der Waals surface area contributed by atoms with Gasteiger partial charge in [-0.3, -0.25) is 4.90 Å². The molecule has 2 nitrogen and oxygen atoms in total. The van der Waals surface area contributed by atoms with Crippen molar-refractivity contribution in [1.29, 1.82) is 0 Å². The van der Waals surface area contributed by atoms with Crippen molar-refractivity contribution in [1.82, 2.24) is 10.2 Å². The Bertz CT molecular complexity index is 247. The molecule has 0 aromatic carbocycles. The van der Waals surface area contributed by atoms with E-state index in [-0.39, 0.29) is 0 Å². The lowest BCUT2D eigenvalue weighted by Crippen LogP contribution is -2.44. The van der Waals surface area contributed by atoms with Crippen LogP contribution in [0, 0.1) is 17.3 Å². The molecule has 2 bridgehead atoms. The van der Waals surface area contributed by atoms with E-state index < -0.39 is 0 Å². The third kappa shape index (κ3) is 3.69. The van der Waals surface area contributed by atoms with E-state index in [0.717, 1.165) is 31.0 Å². The van der Waals surface area contributed by atoms with E-state index in [1.165, 1.54) is 32.4 Å². The molecule has 1 saturated carbocycles. The molecule has 2 aliphatic rings. The molecule has 2 atom stereocenters. The first kappa shape index (κ1) is 13.4. The van der Waals surface area contributed by atoms with Gasteiger partial charge in [-0.05, 0) is 43.1 Å². The van der Waals surface area contributed by atoms with E-state index in [1.807, 2.05) is 0 Å². The predicted octanol–water partition coefficient (Wildman–Crippen LogP) is 2.74. The zero-order valence-corrected chi connectivity index (χ0v) is 12.1. The summed E-state index contributed by atoms with van der Waals surface area (Å²) in [6, 6.07) is 0.921. The second-order valence-electron chi connectivity index (χ2n) is 7.45. The van der Waals surface area contributed by atoms with Gasteiger partial charge in [0.05, 0.1) is 0 Å². The van der Waals surface area contributed by atoms with E-state index in [2.05, 4.69) is 37.9 Å². The van der Waals surface area contributed by atoms with Gasteiger partial charge in [-0.15, -0.1) is 0 Å². The highest BCUT2D eigenvalue weighted by atomic mass is 15.2. The van der Waals surface area contributed by atoms with E-state index in [0.29, 0.717) is 5.41 Å². The third-order valence-electron chi connectivity index (χ3n) is 4.31. The number of rotatable bonds is 6. The Morgan fingerprint density at radius 2 is 2.06 bits per heavy atom. The molecule has 2 unspecified atom stereocenters. The molecular weight excluding hydrogens is 208 g/mol. The lowest BCUT2D eigenvalue weighted by atomic mass is 9.91. The van der Waals surface area contributed by atoms with Crippen LogP contribution in [-0.4, -0.2) is 37.1 Å². The van der Waals surface area contributed by atoms with Gasteiger partial charge < -0.3 is 5.32 Å². The first-order valence-electron chi connectivity index (χ1n) is 7.41. The average molecular weight is 238 g/mol. The van der Waals surface area contributed by atoms with E-state index in [9.17, 15) is 0 Å². The second-order valence-corrected chi connectivity index (χ2v) is 7.45. The van der Waals surface area contributed by atoms with Gasteiger partial charge >= 0.3 is 0 Å². The first-order valence-corrected chi connectivity index (χ1v) is 7.41. The Kier molecular flexibility index (Phi) is 4.14. The maximum atomic E-state index is 3.62. The molecule has 100 valence electrons. The molecule has 0 radical (unpaired) electrons. The summed E-state index contributed by atoms with van der Waals surface area (Å²) >= 11 is 0. The van der Waals surface area contributed by atoms with Crippen molar-refractivity contribution < 1.29 is 0 Å². The van der Waals surface area contributed by atoms with Crippen LogP contribution < -0.4 is 5.32 Å². The number of hydrogen-bond donors (Lipinski definition) is 1. The van der Waals surface area contributed by atoms with Crippen LogP contribution in [0.4, 0.5) is 0 Å². The van der Waals surface area contributed by atoms with Crippen molar-refractivity contribution >= 4 is 0 Å². The van der Waals surface area contributed by atoms with Crippen molar-refractivity contribution in [2.24, 2.45) is 17.3 Å². The Morgan fingerprint density at radius 1 is 1.29 bits per heavy atom. The van der Waals surface area contributed by atoms with Crippen LogP contribution >= 0.6 is 0 Å². The van der Waals surface area contributed by atoms with Crippen LogP contribution in [0.2, 0.25) is 0 Å². The maximum absolute atomic E-state index is 3.62. The Morgan fingerprint density at radius 3 is 2.59 bits per heavy atom. The molecule has 2 rings (SSSR count). The summed E-state index contributed by atoms with van der Waals surface area (Å²) in [5.74, 6) is 1.79. The lowest BCUT2D eigenvalue weighted by molar-refractivity contribution is 0.139. The van der Waals surface area contributed by atoms with E-state index in [4.69, 9.17) is 0 Å². The number of fused-ring (bicyclic) bond motifs is 2. The van der Waals surface area contributed by atoms with Crippen LogP contribution in [0.1, 0.15) is 47.0 Å². The first-order chi connectivity index (χ1) is 7.96. The Labute approximate surface area is 107 Å². The molecule has 0 aromatic heterocycles. The molecule has 17 heavy (non-hydrogen) atoms. The van der Waals surface area contributed by atoms with Gasteiger partial charge in [0.1, 0.15) is 0 Å². The minimum absolute atomic E-state index is 0.416. The molecule has 0 aromatic rings. The molecule has 2 heteroatoms. The second kappa shape index (κ2) is 5.27. The highest BCUT2D eigenvalue weighted by molar-refractivity contribution is 4.94. The van der Waals surface area contributed by atoms with Crippen molar-refractivity contribution in [3.63, 3.8) is 0 Å². The topological polar surface area (TPSA) is 15.3 Å². The van der Waals surface area contributed by atoms with Gasteiger partial charge in [-0.2, -0.15) is 0 Å². The normalized spacial score (nSPS) is 29.5. The monoisotopic (exact) mass is 238 g/mol. The highest BCUT2D eigenvalue weighted by Gasteiger charge is 2.39. The summed E-state index contributed by atoms with van der Waals surface area (Å²) in [6.45, 7) is 14.3. The van der Waals surface area contributed by atoms with Gasteiger partial charge in [0.25, 0.3) is 0 Å². The molecule has 1 heterocycles. The Hall–Kier alpha value is -0.0800. The van der Waals surface area contributed by atoms with Crippen LogP contribution in [0.5, 0.6) is 0 Å². The number of nitrogens with zero attached hydrogens (tertiary/aromatic N) is 1. The van der Waals surface area contributed by atoms with Crippen LogP contribution in [-0.2, 0) is 0 Å². The molecule has 1 aliphatic carbocycles. The molecule has 2 fully saturated rings. The van der Waals surface area contributed by atoms with Crippen LogP contribution in [0.15, 0.2) is 0 Å². The van der Waals surface area contributed by atoms with E-state index in [1.54, 1.807) is 0 Å². The minimum atomic E-state index is 0.416. The zero-order chi connectivity index (χ0) is 12.5. The van der Waals surface area contributed by atoms with Crippen molar-refractivity contribution in [3.05, 3.63) is 0 Å². The summed E-state index contributed by atoms with van der Waals surface area (Å²) in [4.78, 5) is 2.76. The molecular formula is C15H30N2. The maximum Gasteiger partial charge on any atom is 0.00988 e. The van der Waals surface area contributed by atoms with Crippen molar-refractivity contribution in [2.75, 3.05) is 26.2 Å². The van der Waals surface area contributed by atoms with Crippen LogP contribution in [0.3, 0.4) is 0 Å². The number of hydrogen-bond acceptors (Lipinski definition) is 2. The predicted molar refractivity (Wildman–Crippen MR) is 74.2 cm³/mol. The standard InChI is InChI=1S/C15H30N2/c1-12(2)8-16-10-15(3,4)11-17-9-13-5-6-14(17)7-13/h12-14,16H,5-11H2,1-4H3. The Balaban J connectivity index is 1.73. The summed E-state index contributed by atoms with van der Waals surface area (Å²) < 4.78 is 0. The number of likely N-dealkylation sites (tertiary alicyclic amines) is 1. The summed E-state index contributed by atoms with van der Waals surface area (Å²) in [7, 11) is 0. The fourth-order valence-electron chi connectivity index (χ4n) is 3.53. The number of nitrogens with one attached hydrogen (secondary N) is 1. The van der Waals surface area contributed by atoms with Gasteiger partial charge in [0, 0.05) is 25.7 Å². The van der Waals surface area contributed by atoms with Crippen LogP contribution in [0.25, 0.3) is 0 Å². The molecule has 0 spiro atoms. The lowest BCUT2D eigenvalue weighted by Gasteiger charge is -2.35. The van der Waals surface area contributed by atoms with Gasteiger partial charge in [-0.25, -0.2) is 0 Å². The van der Waals surface area contributed by atoms with Crippen molar-refractivity contribution in [3.8, 4) is 0 Å². The molecule has 1 N–H and O–H groups in total. The van der Waals surface area contributed by atoms with E-state index >= 15 is 0 Å². The average Bonchev–Trinajstić information content (AvgIpc) is 2.76. The zero-order valence-electron chi connectivity index (χ0n) is 12.1. The largest absolute Gasteiger partial charge is 0.316 e. The SMILES string of the molecule is CC(C)CNCC(C)(C)CN1CC2CCC1C2. The van der Waals surface area contributed by atoms with Gasteiger partial charge in [-0.1, -0.05) is 27.7 Å². The fourth-order valence-corrected chi connectivity index (χ4v) is 3.53. The summed E-state index contributed by atoms with van der Waals surface area (Å²) in [5, 5.41) is 3.62. The quantitative estimate of drug-likeness (QED) is 0.765. The highest BCUT2D eigenvalue weighted by Crippen LogP contribution is 2.38. The fraction of sp³-hybridized carbons (Fsp3) is 1.00. The molecule has 1 saturated heterocycles. The van der Waals surface area contributed by atoms with Crippen molar-refractivity contribution in [2.45, 2.75) is 53.0 Å². The third-order valence-corrected chi connectivity index (χ3v) is 4.31. The minimum Gasteiger partial charge on any atom is -0.316 e. The summed E-state index contributed by atoms with van der Waals surface area (Å²) in [6.07, 6.45) is 4.43. The molecule has 1 aliphatic heterocycles. The smallest absolute Gasteiger partial charge is 0.00988 e.